The van der Waals surface area contributed by atoms with Gasteiger partial charge in [0.1, 0.15) is 5.75 Å². The number of carbonyl (C=O) groups excluding carboxylic acids is 1. The van der Waals surface area contributed by atoms with E-state index in [4.69, 9.17) is 16.3 Å². The molecule has 98 valence electrons. The van der Waals surface area contributed by atoms with E-state index in [-0.39, 0.29) is 11.5 Å². The maximum Gasteiger partial charge on any atom is 0.207 e. The maximum absolute atomic E-state index is 12.0. The van der Waals surface area contributed by atoms with E-state index in [1.165, 1.54) is 10.8 Å². The van der Waals surface area contributed by atoms with Gasteiger partial charge in [0.2, 0.25) is 5.78 Å². The average Bonchev–Trinajstić information content (AvgIpc) is 2.75. The van der Waals surface area contributed by atoms with Crippen molar-refractivity contribution in [1.82, 2.24) is 9.78 Å². The molecule has 2 rings (SSSR count). The van der Waals surface area contributed by atoms with Gasteiger partial charge in [0.25, 0.3) is 0 Å². The van der Waals surface area contributed by atoms with Gasteiger partial charge in [-0.05, 0) is 18.2 Å². The Kier molecular flexibility index (Phi) is 4.02. The van der Waals surface area contributed by atoms with Crippen molar-refractivity contribution in [3.8, 4) is 5.75 Å². The molecule has 1 aromatic carbocycles. The SMILES string of the molecule is COc1ccccc1C=CC(=O)c1nn(C)cc1Cl. The molecule has 2 aromatic rings. The summed E-state index contributed by atoms with van der Waals surface area (Å²) in [4.78, 5) is 12.0. The number of halogens is 1. The van der Waals surface area contributed by atoms with Gasteiger partial charge < -0.3 is 4.74 Å². The average molecular weight is 277 g/mol. The first-order chi connectivity index (χ1) is 9.11. The molecular weight excluding hydrogens is 264 g/mol. The van der Waals surface area contributed by atoms with Gasteiger partial charge in [-0.3, -0.25) is 9.48 Å². The van der Waals surface area contributed by atoms with E-state index in [0.29, 0.717) is 10.8 Å². The van der Waals surface area contributed by atoms with Gasteiger partial charge >= 0.3 is 0 Å². The molecular formula is C14H13ClN2O2. The minimum atomic E-state index is -0.239. The molecule has 0 N–H and O–H groups in total. The molecule has 0 aliphatic carbocycles. The van der Waals surface area contributed by atoms with Crippen molar-refractivity contribution in [2.45, 2.75) is 0 Å². The van der Waals surface area contributed by atoms with Crippen molar-refractivity contribution in [3.63, 3.8) is 0 Å². The van der Waals surface area contributed by atoms with Crippen molar-refractivity contribution in [1.29, 1.82) is 0 Å². The topological polar surface area (TPSA) is 44.1 Å². The van der Waals surface area contributed by atoms with Crippen molar-refractivity contribution < 1.29 is 9.53 Å². The Morgan fingerprint density at radius 3 is 2.79 bits per heavy atom. The summed E-state index contributed by atoms with van der Waals surface area (Å²) in [5.74, 6) is 0.468. The van der Waals surface area contributed by atoms with Crippen LogP contribution in [0.3, 0.4) is 0 Å². The van der Waals surface area contributed by atoms with Crippen LogP contribution >= 0.6 is 11.6 Å². The van der Waals surface area contributed by atoms with Crippen LogP contribution < -0.4 is 4.74 Å². The van der Waals surface area contributed by atoms with Gasteiger partial charge in [-0.2, -0.15) is 5.10 Å². The van der Waals surface area contributed by atoms with Crippen LogP contribution in [-0.2, 0) is 7.05 Å². The molecule has 1 heterocycles. The Balaban J connectivity index is 2.23. The number of methoxy groups -OCH3 is 1. The lowest BCUT2D eigenvalue weighted by atomic mass is 10.1. The van der Waals surface area contributed by atoms with Crippen LogP contribution in [0.15, 0.2) is 36.5 Å². The van der Waals surface area contributed by atoms with Gasteiger partial charge in [-0.1, -0.05) is 29.8 Å². The first-order valence-electron chi connectivity index (χ1n) is 5.66. The molecule has 0 atom stereocenters. The van der Waals surface area contributed by atoms with Crippen molar-refractivity contribution in [2.75, 3.05) is 7.11 Å². The second-order valence-corrected chi connectivity index (χ2v) is 4.35. The van der Waals surface area contributed by atoms with Crippen LogP contribution in [-0.4, -0.2) is 22.7 Å². The normalized spacial score (nSPS) is 10.9. The van der Waals surface area contributed by atoms with E-state index in [2.05, 4.69) is 5.10 Å². The molecule has 0 aliphatic rings. The molecule has 0 saturated carbocycles. The number of aryl methyl sites for hydroxylation is 1. The van der Waals surface area contributed by atoms with Gasteiger partial charge in [0, 0.05) is 18.8 Å². The van der Waals surface area contributed by atoms with Gasteiger partial charge in [-0.15, -0.1) is 0 Å². The molecule has 4 nitrogen and oxygen atoms in total. The zero-order chi connectivity index (χ0) is 13.8. The Bertz CT molecular complexity index is 632. The summed E-state index contributed by atoms with van der Waals surface area (Å²) in [5.41, 5.74) is 1.07. The monoisotopic (exact) mass is 276 g/mol. The Hall–Kier alpha value is -2.07. The van der Waals surface area contributed by atoms with Crippen LogP contribution in [0.5, 0.6) is 5.75 Å². The summed E-state index contributed by atoms with van der Waals surface area (Å²) in [6, 6.07) is 7.44. The highest BCUT2D eigenvalue weighted by molar-refractivity contribution is 6.34. The highest BCUT2D eigenvalue weighted by Crippen LogP contribution is 2.20. The van der Waals surface area contributed by atoms with E-state index >= 15 is 0 Å². The molecule has 0 amide bonds. The quantitative estimate of drug-likeness (QED) is 0.637. The second kappa shape index (κ2) is 5.71. The molecule has 0 unspecified atom stereocenters. The molecule has 0 bridgehead atoms. The molecule has 0 fully saturated rings. The third kappa shape index (κ3) is 3.03. The molecule has 0 saturated heterocycles. The fraction of sp³-hybridized carbons (Fsp3) is 0.143. The predicted octanol–water partition coefficient (Wildman–Crippen LogP) is 2.98. The number of carbonyl (C=O) groups is 1. The van der Waals surface area contributed by atoms with Crippen molar-refractivity contribution in [3.05, 3.63) is 52.8 Å². The maximum atomic E-state index is 12.0. The zero-order valence-corrected chi connectivity index (χ0v) is 11.4. The van der Waals surface area contributed by atoms with Gasteiger partial charge in [0.15, 0.2) is 5.69 Å². The fourth-order valence-electron chi connectivity index (χ4n) is 1.68. The number of benzene rings is 1. The molecule has 0 spiro atoms. The van der Waals surface area contributed by atoms with Crippen LogP contribution in [0, 0.1) is 0 Å². The Morgan fingerprint density at radius 1 is 1.42 bits per heavy atom. The largest absolute Gasteiger partial charge is 0.496 e. The Morgan fingerprint density at radius 2 is 2.16 bits per heavy atom. The first-order valence-corrected chi connectivity index (χ1v) is 6.04. The minimum absolute atomic E-state index is 0.239. The van der Waals surface area contributed by atoms with Gasteiger partial charge in [0.05, 0.1) is 12.1 Å². The Labute approximate surface area is 116 Å². The summed E-state index contributed by atoms with van der Waals surface area (Å²) >= 11 is 5.92. The first kappa shape index (κ1) is 13.4. The lowest BCUT2D eigenvalue weighted by Crippen LogP contribution is -1.98. The predicted molar refractivity (Wildman–Crippen MR) is 74.6 cm³/mol. The lowest BCUT2D eigenvalue weighted by molar-refractivity contribution is 0.104. The summed E-state index contributed by atoms with van der Waals surface area (Å²) in [7, 11) is 3.30. The summed E-state index contributed by atoms with van der Waals surface area (Å²) in [5, 5.41) is 4.36. The van der Waals surface area contributed by atoms with Crippen molar-refractivity contribution in [2.24, 2.45) is 7.05 Å². The van der Waals surface area contributed by atoms with Gasteiger partial charge in [-0.25, -0.2) is 0 Å². The van der Waals surface area contributed by atoms with E-state index in [0.717, 1.165) is 5.56 Å². The summed E-state index contributed by atoms with van der Waals surface area (Å²) < 4.78 is 6.71. The fourth-order valence-corrected chi connectivity index (χ4v) is 1.95. The van der Waals surface area contributed by atoms with E-state index in [9.17, 15) is 4.79 Å². The van der Waals surface area contributed by atoms with Crippen LogP contribution in [0.25, 0.3) is 6.08 Å². The molecule has 0 aliphatic heterocycles. The standard InChI is InChI=1S/C14H13ClN2O2/c1-17-9-11(15)14(16-17)12(18)8-7-10-5-3-4-6-13(10)19-2/h3-9H,1-2H3. The third-order valence-corrected chi connectivity index (χ3v) is 2.85. The summed E-state index contributed by atoms with van der Waals surface area (Å²) in [6.07, 6.45) is 4.71. The lowest BCUT2D eigenvalue weighted by Gasteiger charge is -2.02. The number of para-hydroxylation sites is 1. The molecule has 1 aromatic heterocycles. The van der Waals surface area contributed by atoms with E-state index in [1.54, 1.807) is 26.4 Å². The number of ketones is 1. The smallest absolute Gasteiger partial charge is 0.207 e. The van der Waals surface area contributed by atoms with Crippen molar-refractivity contribution >= 4 is 23.5 Å². The molecule has 19 heavy (non-hydrogen) atoms. The highest BCUT2D eigenvalue weighted by atomic mass is 35.5. The second-order valence-electron chi connectivity index (χ2n) is 3.94. The zero-order valence-electron chi connectivity index (χ0n) is 10.6. The number of hydrogen-bond donors (Lipinski definition) is 0. The number of ether oxygens (including phenoxy) is 1. The van der Waals surface area contributed by atoms with E-state index in [1.807, 2.05) is 24.3 Å². The number of aromatic nitrogens is 2. The van der Waals surface area contributed by atoms with E-state index < -0.39 is 0 Å². The molecule has 5 heteroatoms. The molecule has 0 radical (unpaired) electrons. The highest BCUT2D eigenvalue weighted by Gasteiger charge is 2.11. The van der Waals surface area contributed by atoms with Crippen LogP contribution in [0.1, 0.15) is 16.1 Å². The summed E-state index contributed by atoms with van der Waals surface area (Å²) in [6.45, 7) is 0. The number of rotatable bonds is 4. The van der Waals surface area contributed by atoms with Crippen LogP contribution in [0.2, 0.25) is 5.02 Å². The number of allylic oxidation sites excluding steroid dienone is 1. The minimum Gasteiger partial charge on any atom is -0.496 e. The third-order valence-electron chi connectivity index (χ3n) is 2.57. The number of nitrogens with zero attached hydrogens (tertiary/aromatic N) is 2. The number of hydrogen-bond acceptors (Lipinski definition) is 3. The van der Waals surface area contributed by atoms with Crippen LogP contribution in [0.4, 0.5) is 0 Å².